The molecule has 8 aromatic carbocycles. The number of rotatable bonds is 6. The van der Waals surface area contributed by atoms with Gasteiger partial charge in [0, 0.05) is 38.5 Å². The van der Waals surface area contributed by atoms with E-state index in [1.54, 1.807) is 0 Å². The molecule has 1 N–H and O–H groups in total. The van der Waals surface area contributed by atoms with E-state index >= 15 is 0 Å². The smallest absolute Gasteiger partial charge is 0.149 e. The van der Waals surface area contributed by atoms with Gasteiger partial charge in [-0.3, -0.25) is 0 Å². The largest absolute Gasteiger partial charge is 0.340 e. The van der Waals surface area contributed by atoms with E-state index < -0.39 is 0 Å². The summed E-state index contributed by atoms with van der Waals surface area (Å²) in [6, 6.07) is 71.7. The Bertz CT molecular complexity index is 3130. The van der Waals surface area contributed by atoms with Gasteiger partial charge in [-0.25, -0.2) is 4.99 Å². The first-order valence-electron chi connectivity index (χ1n) is 19.2. The second-order valence-corrected chi connectivity index (χ2v) is 14.4. The predicted molar refractivity (Wildman–Crippen MR) is 234 cm³/mol. The number of amidine groups is 1. The zero-order valence-corrected chi connectivity index (χ0v) is 30.5. The average molecular weight is 717 g/mol. The lowest BCUT2D eigenvalue weighted by Gasteiger charge is -2.25. The normalized spacial score (nSPS) is 14.2. The fraction of sp³-hybridized carbons (Fsp3) is 0.0192. The van der Waals surface area contributed by atoms with E-state index in [2.05, 4.69) is 221 Å². The van der Waals surface area contributed by atoms with Crippen LogP contribution in [-0.2, 0) is 0 Å². The summed E-state index contributed by atoms with van der Waals surface area (Å²) in [5.41, 5.74) is 13.8. The first-order chi connectivity index (χ1) is 27.8. The fourth-order valence-corrected chi connectivity index (χ4v) is 8.51. The maximum Gasteiger partial charge on any atom is 0.149 e. The second kappa shape index (κ2) is 13.2. The van der Waals surface area contributed by atoms with Gasteiger partial charge in [0.25, 0.3) is 0 Å². The van der Waals surface area contributed by atoms with Gasteiger partial charge in [0.1, 0.15) is 12.0 Å². The summed E-state index contributed by atoms with van der Waals surface area (Å²) in [6.07, 6.45) is 1.98. The van der Waals surface area contributed by atoms with Crippen molar-refractivity contribution in [1.29, 1.82) is 0 Å². The highest BCUT2D eigenvalue weighted by Crippen LogP contribution is 2.39. The summed E-state index contributed by atoms with van der Waals surface area (Å²) in [7, 11) is 0. The average Bonchev–Trinajstić information content (AvgIpc) is 3.79. The first-order valence-corrected chi connectivity index (χ1v) is 19.2. The van der Waals surface area contributed by atoms with E-state index in [0.717, 1.165) is 39.4 Å². The van der Waals surface area contributed by atoms with Crippen LogP contribution in [0.15, 0.2) is 211 Å². The predicted octanol–water partition coefficient (Wildman–Crippen LogP) is 12.8. The highest BCUT2D eigenvalue weighted by atomic mass is 15.2. The molecule has 1 aliphatic rings. The van der Waals surface area contributed by atoms with Crippen molar-refractivity contribution in [2.24, 2.45) is 4.99 Å². The molecule has 0 bridgehead atoms. The van der Waals surface area contributed by atoms with Gasteiger partial charge < -0.3 is 14.5 Å². The van der Waals surface area contributed by atoms with E-state index in [0.29, 0.717) is 0 Å². The zero-order chi connectivity index (χ0) is 37.0. The first kappa shape index (κ1) is 32.0. The molecule has 0 fully saturated rings. The van der Waals surface area contributed by atoms with E-state index in [1.807, 2.05) is 0 Å². The van der Waals surface area contributed by atoms with Crippen molar-refractivity contribution in [3.8, 4) is 27.9 Å². The molecule has 1 unspecified atom stereocenters. The number of benzene rings is 8. The summed E-state index contributed by atoms with van der Waals surface area (Å²) in [6.45, 7) is 0. The molecule has 264 valence electrons. The molecule has 56 heavy (non-hydrogen) atoms. The molecule has 1 aliphatic heterocycles. The molecule has 0 saturated heterocycles. The molecule has 0 amide bonds. The van der Waals surface area contributed by atoms with Crippen LogP contribution in [0, 0.1) is 0 Å². The van der Waals surface area contributed by atoms with Gasteiger partial charge in [-0.1, -0.05) is 152 Å². The van der Waals surface area contributed by atoms with Crippen LogP contribution in [0.1, 0.15) is 17.3 Å². The molecule has 2 aromatic heterocycles. The number of fused-ring (bicyclic) bond motifs is 6. The van der Waals surface area contributed by atoms with E-state index in [-0.39, 0.29) is 6.17 Å². The van der Waals surface area contributed by atoms with Crippen molar-refractivity contribution < 1.29 is 0 Å². The molecular formula is C52H36N4. The molecule has 0 aliphatic carbocycles. The minimum atomic E-state index is -0.274. The Kier molecular flexibility index (Phi) is 7.52. The van der Waals surface area contributed by atoms with Crippen molar-refractivity contribution in [3.63, 3.8) is 0 Å². The summed E-state index contributed by atoms with van der Waals surface area (Å²) in [5.74, 6) is 0.849. The molecule has 0 spiro atoms. The molecular weight excluding hydrogens is 681 g/mol. The number of para-hydroxylation sites is 3. The number of hydrogen-bond acceptors (Lipinski definition) is 2. The topological polar surface area (TPSA) is 34.2 Å². The lowest BCUT2D eigenvalue weighted by molar-refractivity contribution is 0.668. The van der Waals surface area contributed by atoms with Crippen molar-refractivity contribution in [2.75, 3.05) is 0 Å². The minimum Gasteiger partial charge on any atom is -0.340 e. The van der Waals surface area contributed by atoms with E-state index in [9.17, 15) is 0 Å². The lowest BCUT2D eigenvalue weighted by Crippen LogP contribution is -2.29. The molecule has 0 saturated carbocycles. The minimum absolute atomic E-state index is 0.274. The summed E-state index contributed by atoms with van der Waals surface area (Å²) < 4.78 is 4.77. The van der Waals surface area contributed by atoms with Crippen molar-refractivity contribution in [2.45, 2.75) is 6.17 Å². The van der Waals surface area contributed by atoms with Crippen LogP contribution < -0.4 is 5.32 Å². The van der Waals surface area contributed by atoms with Crippen LogP contribution in [0.2, 0.25) is 0 Å². The number of nitrogens with zero attached hydrogens (tertiary/aromatic N) is 3. The molecule has 0 radical (unpaired) electrons. The van der Waals surface area contributed by atoms with Gasteiger partial charge in [-0.05, 0) is 82.4 Å². The third kappa shape index (κ3) is 5.34. The maximum atomic E-state index is 5.43. The standard InChI is InChI=1S/C52H36N4/c1-4-14-35(15-5-1)36-24-26-38(27-25-36)52-53-46(37-16-6-2-7-17-37)34-51(54-52)56-48-23-13-11-21-43(48)45-33-40(29-31-50(45)56)39-28-30-49-44(32-39)42-20-10-12-22-47(42)55(49)41-18-8-3-9-19-41/h1-34,51H,(H,53,54). The highest BCUT2D eigenvalue weighted by Gasteiger charge is 2.23. The van der Waals surface area contributed by atoms with Gasteiger partial charge >= 0.3 is 0 Å². The van der Waals surface area contributed by atoms with Crippen LogP contribution in [0.5, 0.6) is 0 Å². The quantitative estimate of drug-likeness (QED) is 0.183. The van der Waals surface area contributed by atoms with Crippen LogP contribution in [-0.4, -0.2) is 15.0 Å². The van der Waals surface area contributed by atoms with Gasteiger partial charge in [0.15, 0.2) is 0 Å². The highest BCUT2D eigenvalue weighted by molar-refractivity contribution is 6.12. The SMILES string of the molecule is C1=C(c2ccccc2)NC(c2ccc(-c3ccccc3)cc2)=NC1n1c2ccccc2c2cc(-c3ccc4c(c3)c3ccccc3n4-c3ccccc3)ccc21. The van der Waals surface area contributed by atoms with Gasteiger partial charge in [-0.2, -0.15) is 0 Å². The summed E-state index contributed by atoms with van der Waals surface area (Å²) >= 11 is 0. The summed E-state index contributed by atoms with van der Waals surface area (Å²) in [4.78, 5) is 5.43. The van der Waals surface area contributed by atoms with Gasteiger partial charge in [0.2, 0.25) is 0 Å². The van der Waals surface area contributed by atoms with Gasteiger partial charge in [-0.15, -0.1) is 0 Å². The Morgan fingerprint density at radius 2 is 0.839 bits per heavy atom. The molecule has 3 heterocycles. The Morgan fingerprint density at radius 3 is 1.54 bits per heavy atom. The lowest BCUT2D eigenvalue weighted by atomic mass is 10.0. The number of aromatic nitrogens is 2. The number of hydrogen-bond donors (Lipinski definition) is 1. The van der Waals surface area contributed by atoms with E-state index in [1.165, 1.54) is 54.8 Å². The maximum absolute atomic E-state index is 5.43. The van der Waals surface area contributed by atoms with Crippen LogP contribution >= 0.6 is 0 Å². The third-order valence-electron chi connectivity index (χ3n) is 11.2. The molecule has 4 heteroatoms. The third-order valence-corrected chi connectivity index (χ3v) is 11.2. The monoisotopic (exact) mass is 716 g/mol. The zero-order valence-electron chi connectivity index (χ0n) is 30.5. The summed E-state index contributed by atoms with van der Waals surface area (Å²) in [5, 5.41) is 8.62. The van der Waals surface area contributed by atoms with Crippen LogP contribution in [0.4, 0.5) is 0 Å². The molecule has 1 atom stereocenters. The number of aliphatic imine (C=N–C) groups is 1. The Balaban J connectivity index is 1.05. The second-order valence-electron chi connectivity index (χ2n) is 14.4. The Hall–Kier alpha value is -7.43. The molecule has 4 nitrogen and oxygen atoms in total. The fourth-order valence-electron chi connectivity index (χ4n) is 8.51. The van der Waals surface area contributed by atoms with E-state index in [4.69, 9.17) is 4.99 Å². The Morgan fingerprint density at radius 1 is 0.375 bits per heavy atom. The van der Waals surface area contributed by atoms with Crippen LogP contribution in [0.3, 0.4) is 0 Å². The van der Waals surface area contributed by atoms with Crippen molar-refractivity contribution >= 4 is 55.1 Å². The molecule has 11 rings (SSSR count). The van der Waals surface area contributed by atoms with Gasteiger partial charge in [0.05, 0.1) is 22.1 Å². The Labute approximate surface area is 324 Å². The molecule has 10 aromatic rings. The van der Waals surface area contributed by atoms with Crippen molar-refractivity contribution in [1.82, 2.24) is 14.5 Å². The van der Waals surface area contributed by atoms with Crippen molar-refractivity contribution in [3.05, 3.63) is 217 Å². The number of nitrogens with one attached hydrogen (secondary N) is 1. The van der Waals surface area contributed by atoms with Crippen LogP contribution in [0.25, 0.3) is 77.2 Å².